The first kappa shape index (κ1) is 16.5. The number of aromatic amines is 1. The molecular formula is C18H19N5O2. The van der Waals surface area contributed by atoms with Crippen LogP contribution in [-0.4, -0.2) is 39.3 Å². The predicted molar refractivity (Wildman–Crippen MR) is 95.5 cm³/mol. The number of nitrogens with one attached hydrogen (secondary N) is 3. The van der Waals surface area contributed by atoms with Gasteiger partial charge >= 0.3 is 0 Å². The fraction of sp³-hybridized carbons (Fsp3) is 0.167. The Labute approximate surface area is 145 Å². The van der Waals surface area contributed by atoms with Crippen LogP contribution in [-0.2, 0) is 0 Å². The molecule has 25 heavy (non-hydrogen) atoms. The molecule has 0 saturated heterocycles. The van der Waals surface area contributed by atoms with Crippen molar-refractivity contribution in [3.63, 3.8) is 0 Å². The number of phenols is 1. The van der Waals surface area contributed by atoms with Gasteiger partial charge in [-0.25, -0.2) is 0 Å². The van der Waals surface area contributed by atoms with Crippen molar-refractivity contribution in [1.82, 2.24) is 20.5 Å². The Morgan fingerprint density at radius 3 is 2.88 bits per heavy atom. The number of para-hydroxylation sites is 1. The first-order valence-electron chi connectivity index (χ1n) is 7.91. The van der Waals surface area contributed by atoms with E-state index < -0.39 is 0 Å². The second kappa shape index (κ2) is 7.48. The molecule has 128 valence electrons. The number of rotatable bonds is 6. The highest BCUT2D eigenvalue weighted by atomic mass is 16.3. The molecule has 1 aromatic carbocycles. The number of carbonyl (C=O) groups is 1. The molecule has 0 bridgehead atoms. The number of hydrogen-bond donors (Lipinski definition) is 4. The van der Waals surface area contributed by atoms with Crippen molar-refractivity contribution in [3.8, 4) is 17.0 Å². The third-order valence-electron chi connectivity index (χ3n) is 3.75. The number of benzene rings is 1. The molecule has 4 N–H and O–H groups in total. The first-order valence-corrected chi connectivity index (χ1v) is 7.91. The summed E-state index contributed by atoms with van der Waals surface area (Å²) >= 11 is 0. The molecule has 3 rings (SSSR count). The minimum absolute atomic E-state index is 0.123. The smallest absolute Gasteiger partial charge is 0.269 e. The second-order valence-electron chi connectivity index (χ2n) is 5.56. The summed E-state index contributed by atoms with van der Waals surface area (Å²) in [6, 6.07) is 10.4. The van der Waals surface area contributed by atoms with Gasteiger partial charge in [0.25, 0.3) is 5.91 Å². The number of pyridine rings is 1. The van der Waals surface area contributed by atoms with E-state index in [1.54, 1.807) is 42.7 Å². The van der Waals surface area contributed by atoms with Crippen LogP contribution in [0.15, 0.2) is 48.8 Å². The largest absolute Gasteiger partial charge is 0.507 e. The zero-order valence-corrected chi connectivity index (χ0v) is 13.8. The molecule has 7 heteroatoms. The molecular weight excluding hydrogens is 318 g/mol. The molecule has 0 aliphatic heterocycles. The van der Waals surface area contributed by atoms with E-state index in [1.165, 1.54) is 0 Å². The van der Waals surface area contributed by atoms with Gasteiger partial charge < -0.3 is 15.7 Å². The molecule has 0 saturated carbocycles. The lowest BCUT2D eigenvalue weighted by molar-refractivity contribution is 0.0950. The molecule has 2 heterocycles. The van der Waals surface area contributed by atoms with Crippen molar-refractivity contribution in [3.05, 3.63) is 60.0 Å². The van der Waals surface area contributed by atoms with Crippen LogP contribution in [0.3, 0.4) is 0 Å². The van der Waals surface area contributed by atoms with Crippen molar-refractivity contribution in [2.24, 2.45) is 0 Å². The molecule has 2 aromatic heterocycles. The van der Waals surface area contributed by atoms with E-state index in [2.05, 4.69) is 25.8 Å². The van der Waals surface area contributed by atoms with E-state index in [-0.39, 0.29) is 11.7 Å². The van der Waals surface area contributed by atoms with Crippen LogP contribution in [0.1, 0.15) is 16.1 Å². The minimum Gasteiger partial charge on any atom is -0.507 e. The van der Waals surface area contributed by atoms with Crippen LogP contribution >= 0.6 is 0 Å². The predicted octanol–water partition coefficient (Wildman–Crippen LogP) is 2.33. The zero-order valence-electron chi connectivity index (χ0n) is 13.8. The Kier molecular flexibility index (Phi) is 4.94. The van der Waals surface area contributed by atoms with Crippen molar-refractivity contribution in [2.75, 3.05) is 18.4 Å². The van der Waals surface area contributed by atoms with Gasteiger partial charge in [0, 0.05) is 36.7 Å². The number of aromatic hydroxyl groups is 1. The molecule has 0 aliphatic carbocycles. The van der Waals surface area contributed by atoms with Gasteiger partial charge in [-0.3, -0.25) is 14.9 Å². The lowest BCUT2D eigenvalue weighted by Gasteiger charge is -2.09. The number of anilines is 1. The maximum Gasteiger partial charge on any atom is 0.269 e. The lowest BCUT2D eigenvalue weighted by Crippen LogP contribution is -2.29. The Hall–Kier alpha value is -3.35. The van der Waals surface area contributed by atoms with Crippen LogP contribution in [0.2, 0.25) is 0 Å². The molecule has 3 aromatic rings. The van der Waals surface area contributed by atoms with Crippen LogP contribution in [0.5, 0.6) is 5.75 Å². The quantitative estimate of drug-likeness (QED) is 0.517. The number of aryl methyl sites for hydroxylation is 1. The number of carbonyl (C=O) groups excluding carboxylic acids is 1. The van der Waals surface area contributed by atoms with Gasteiger partial charge in [-0.1, -0.05) is 12.1 Å². The van der Waals surface area contributed by atoms with E-state index in [0.29, 0.717) is 30.0 Å². The summed E-state index contributed by atoms with van der Waals surface area (Å²) < 4.78 is 0. The number of aromatic nitrogens is 3. The van der Waals surface area contributed by atoms with Gasteiger partial charge in [0.2, 0.25) is 0 Å². The average molecular weight is 337 g/mol. The van der Waals surface area contributed by atoms with E-state index in [0.717, 1.165) is 11.3 Å². The molecule has 0 radical (unpaired) electrons. The van der Waals surface area contributed by atoms with Crippen molar-refractivity contribution >= 4 is 11.6 Å². The van der Waals surface area contributed by atoms with Crippen molar-refractivity contribution < 1.29 is 9.90 Å². The minimum atomic E-state index is -0.248. The number of phenolic OH excluding ortho intramolecular Hbond substituents is 1. The summed E-state index contributed by atoms with van der Waals surface area (Å²) in [7, 11) is 0. The Balaban J connectivity index is 1.54. The van der Waals surface area contributed by atoms with Crippen LogP contribution in [0.25, 0.3) is 11.3 Å². The Morgan fingerprint density at radius 2 is 2.08 bits per heavy atom. The summed E-state index contributed by atoms with van der Waals surface area (Å²) in [6.07, 6.45) is 3.51. The van der Waals surface area contributed by atoms with Gasteiger partial charge in [0.15, 0.2) is 0 Å². The van der Waals surface area contributed by atoms with E-state index in [9.17, 15) is 9.90 Å². The maximum absolute atomic E-state index is 12.2. The number of nitrogens with zero attached hydrogens (tertiary/aromatic N) is 2. The van der Waals surface area contributed by atoms with E-state index >= 15 is 0 Å². The van der Waals surface area contributed by atoms with Crippen LogP contribution in [0.4, 0.5) is 5.69 Å². The molecule has 0 fully saturated rings. The summed E-state index contributed by atoms with van der Waals surface area (Å²) in [5.74, 6) is -0.125. The third-order valence-corrected chi connectivity index (χ3v) is 3.75. The van der Waals surface area contributed by atoms with Gasteiger partial charge in [0.05, 0.1) is 5.69 Å². The Bertz CT molecular complexity index is 875. The van der Waals surface area contributed by atoms with Crippen LogP contribution < -0.4 is 10.6 Å². The zero-order chi connectivity index (χ0) is 17.6. The average Bonchev–Trinajstić information content (AvgIpc) is 3.10. The molecule has 7 nitrogen and oxygen atoms in total. The van der Waals surface area contributed by atoms with Gasteiger partial charge in [-0.15, -0.1) is 0 Å². The third kappa shape index (κ3) is 3.95. The Morgan fingerprint density at radius 1 is 1.24 bits per heavy atom. The number of amides is 1. The molecule has 1 amide bonds. The molecule has 0 unspecified atom stereocenters. The molecule has 0 aliphatic rings. The van der Waals surface area contributed by atoms with E-state index in [4.69, 9.17) is 0 Å². The summed E-state index contributed by atoms with van der Waals surface area (Å²) in [6.45, 7) is 3.03. The highest BCUT2D eigenvalue weighted by molar-refractivity contribution is 5.93. The van der Waals surface area contributed by atoms with Crippen molar-refractivity contribution in [2.45, 2.75) is 6.92 Å². The van der Waals surface area contributed by atoms with Gasteiger partial charge in [0.1, 0.15) is 11.4 Å². The topological polar surface area (TPSA) is 103 Å². The number of H-pyrrole nitrogens is 1. The maximum atomic E-state index is 12.2. The van der Waals surface area contributed by atoms with Gasteiger partial charge in [-0.2, -0.15) is 5.10 Å². The normalized spacial score (nSPS) is 10.4. The SMILES string of the molecule is Cc1cnccc1NCCNC(=O)c1cc(-c2ccccc2O)n[nH]1. The fourth-order valence-corrected chi connectivity index (χ4v) is 2.41. The second-order valence-corrected chi connectivity index (χ2v) is 5.56. The molecule has 0 spiro atoms. The molecule has 0 atom stereocenters. The van der Waals surface area contributed by atoms with Crippen LogP contribution in [0, 0.1) is 6.92 Å². The summed E-state index contributed by atoms with van der Waals surface area (Å²) in [5, 5.41) is 22.7. The monoisotopic (exact) mass is 337 g/mol. The lowest BCUT2D eigenvalue weighted by atomic mass is 10.1. The highest BCUT2D eigenvalue weighted by Crippen LogP contribution is 2.27. The first-order chi connectivity index (χ1) is 12.1. The summed E-state index contributed by atoms with van der Waals surface area (Å²) in [4.78, 5) is 16.2. The highest BCUT2D eigenvalue weighted by Gasteiger charge is 2.12. The number of hydrogen-bond acceptors (Lipinski definition) is 5. The summed E-state index contributed by atoms with van der Waals surface area (Å²) in [5.41, 5.74) is 3.49. The van der Waals surface area contributed by atoms with Crippen molar-refractivity contribution in [1.29, 1.82) is 0 Å². The fourth-order valence-electron chi connectivity index (χ4n) is 2.41. The van der Waals surface area contributed by atoms with E-state index in [1.807, 2.05) is 13.0 Å². The van der Waals surface area contributed by atoms with Gasteiger partial charge in [-0.05, 0) is 36.8 Å². The standard InChI is InChI=1S/C18H19N5O2/c1-12-11-19-7-6-14(12)20-8-9-21-18(25)16-10-15(22-23-16)13-4-2-3-5-17(13)24/h2-7,10-11,24H,8-9H2,1H3,(H,19,20)(H,21,25)(H,22,23).